The predicted octanol–water partition coefficient (Wildman–Crippen LogP) is 0.674. The molecule has 3 aliphatic carbocycles. The van der Waals surface area contributed by atoms with Gasteiger partial charge in [-0.3, -0.25) is 9.59 Å². The summed E-state index contributed by atoms with van der Waals surface area (Å²) in [5.74, 6) is -2.66. The van der Waals surface area contributed by atoms with E-state index < -0.39 is 29.5 Å². The monoisotopic (exact) mass is 368 g/mol. The van der Waals surface area contributed by atoms with Crippen LogP contribution in [-0.4, -0.2) is 49.3 Å². The smallest absolute Gasteiger partial charge is 0.197 e. The van der Waals surface area contributed by atoms with E-state index in [1.165, 1.54) is 24.3 Å². The normalized spacial score (nSPS) is 30.7. The summed E-state index contributed by atoms with van der Waals surface area (Å²) >= 11 is 0. The highest BCUT2D eigenvalue weighted by molar-refractivity contribution is 6.07. The first-order valence-corrected chi connectivity index (χ1v) is 8.66. The van der Waals surface area contributed by atoms with E-state index in [9.17, 15) is 35.1 Å². The number of phenols is 2. The third-order valence-corrected chi connectivity index (χ3v) is 6.12. The van der Waals surface area contributed by atoms with Gasteiger partial charge in [-0.15, -0.1) is 0 Å². The number of Topliss-reactive ketones (excluding diaryl/α,β-unsaturated/α-hetero) is 2. The molecule has 0 bridgehead atoms. The molecule has 0 spiro atoms. The van der Waals surface area contributed by atoms with Crippen molar-refractivity contribution in [3.05, 3.63) is 57.6 Å². The lowest BCUT2D eigenvalue weighted by Crippen LogP contribution is -2.49. The number of phenolic OH excluding ortho intramolecular Hbond substituents is 2. The van der Waals surface area contributed by atoms with Crippen molar-refractivity contribution in [3.8, 4) is 11.5 Å². The van der Waals surface area contributed by atoms with Crippen LogP contribution in [0.2, 0.25) is 0 Å². The Morgan fingerprint density at radius 1 is 0.963 bits per heavy atom. The van der Waals surface area contributed by atoms with E-state index in [1.54, 1.807) is 0 Å². The molecule has 0 unspecified atom stereocenters. The highest BCUT2D eigenvalue weighted by Gasteiger charge is 2.54. The van der Waals surface area contributed by atoms with Crippen LogP contribution in [0.4, 0.5) is 0 Å². The van der Waals surface area contributed by atoms with Gasteiger partial charge >= 0.3 is 0 Å². The minimum absolute atomic E-state index is 0.0000449. The zero-order chi connectivity index (χ0) is 19.2. The summed E-state index contributed by atoms with van der Waals surface area (Å²) < 4.78 is 0. The first-order valence-electron chi connectivity index (χ1n) is 8.66. The van der Waals surface area contributed by atoms with E-state index in [1.807, 2.05) is 0 Å². The summed E-state index contributed by atoms with van der Waals surface area (Å²) in [7, 11) is 0. The second-order valence-corrected chi connectivity index (χ2v) is 7.41. The molecule has 0 heterocycles. The molecule has 2 aromatic carbocycles. The van der Waals surface area contributed by atoms with Crippen molar-refractivity contribution in [1.82, 2.24) is 0 Å². The number of rotatable bonds is 0. The Balaban J connectivity index is 1.96. The van der Waals surface area contributed by atoms with Crippen molar-refractivity contribution in [2.24, 2.45) is 0 Å². The Bertz CT molecular complexity index is 1060. The van der Waals surface area contributed by atoms with E-state index in [0.29, 0.717) is 11.1 Å². The van der Waals surface area contributed by atoms with Crippen LogP contribution in [0.3, 0.4) is 0 Å². The lowest BCUT2D eigenvalue weighted by atomic mass is 9.59. The Hall–Kier alpha value is -2.74. The molecule has 0 fully saturated rings. The highest BCUT2D eigenvalue weighted by atomic mass is 16.3. The highest BCUT2D eigenvalue weighted by Crippen LogP contribution is 2.57. The Morgan fingerprint density at radius 3 is 2.37 bits per heavy atom. The fourth-order valence-corrected chi connectivity index (χ4v) is 4.95. The number of aromatic hydroxyl groups is 2. The molecule has 0 saturated heterocycles. The van der Waals surface area contributed by atoms with Gasteiger partial charge in [0.2, 0.25) is 0 Å². The fourth-order valence-electron chi connectivity index (χ4n) is 4.95. The van der Waals surface area contributed by atoms with Crippen LogP contribution in [-0.2, 0) is 5.60 Å². The van der Waals surface area contributed by atoms with E-state index in [-0.39, 0.29) is 52.4 Å². The molecule has 7 heteroatoms. The molecule has 0 radical (unpaired) electrons. The van der Waals surface area contributed by atoms with Gasteiger partial charge in [0.1, 0.15) is 23.2 Å². The van der Waals surface area contributed by atoms with Gasteiger partial charge in [-0.1, -0.05) is 12.1 Å². The van der Waals surface area contributed by atoms with Crippen LogP contribution in [0.25, 0.3) is 0 Å². The Morgan fingerprint density at radius 2 is 1.63 bits per heavy atom. The molecule has 0 aromatic heterocycles. The summed E-state index contributed by atoms with van der Waals surface area (Å²) in [5, 5.41) is 52.9. The maximum atomic E-state index is 12.5. The summed E-state index contributed by atoms with van der Waals surface area (Å²) in [5.41, 5.74) is -0.648. The average molecular weight is 368 g/mol. The van der Waals surface area contributed by atoms with Gasteiger partial charge in [-0.05, 0) is 35.2 Å². The molecule has 4 atom stereocenters. The summed E-state index contributed by atoms with van der Waals surface area (Å²) in [6.07, 6.45) is -3.22. The van der Waals surface area contributed by atoms with Gasteiger partial charge in [-0.2, -0.15) is 0 Å². The van der Waals surface area contributed by atoms with Crippen molar-refractivity contribution >= 4 is 11.6 Å². The summed E-state index contributed by atoms with van der Waals surface area (Å²) in [6, 6.07) is 5.51. The predicted molar refractivity (Wildman–Crippen MR) is 91.0 cm³/mol. The maximum Gasteiger partial charge on any atom is 0.197 e. The second kappa shape index (κ2) is 4.95. The Labute approximate surface area is 153 Å². The topological polar surface area (TPSA) is 135 Å². The van der Waals surface area contributed by atoms with Crippen molar-refractivity contribution < 1.29 is 35.1 Å². The zero-order valence-corrected chi connectivity index (χ0v) is 14.0. The quantitative estimate of drug-likeness (QED) is 0.461. The van der Waals surface area contributed by atoms with Gasteiger partial charge in [0.25, 0.3) is 0 Å². The standard InChI is InChI=1S/C20H16O7/c21-9-3-1-7-12-13-8(20(27)6-5-11(23)14(9)16(7)20)2-4-10(22)15(13)18(25)19(26)17(12)24/h1-4,12,17,19,21-22,24,26-27H,5-6H2/t12-,17+,19-,20+/m0/s1. The van der Waals surface area contributed by atoms with Crippen LogP contribution < -0.4 is 0 Å². The number of aliphatic hydroxyl groups excluding tert-OH is 2. The van der Waals surface area contributed by atoms with Crippen LogP contribution in [0, 0.1) is 0 Å². The van der Waals surface area contributed by atoms with E-state index in [2.05, 4.69) is 0 Å². The van der Waals surface area contributed by atoms with Gasteiger partial charge in [0, 0.05) is 17.9 Å². The molecule has 3 aliphatic rings. The maximum absolute atomic E-state index is 12.5. The molecule has 0 saturated carbocycles. The number of carbonyl (C=O) groups is 2. The lowest BCUT2D eigenvalue weighted by Gasteiger charge is -2.47. The number of aliphatic hydroxyl groups is 3. The fraction of sp³-hybridized carbons (Fsp3) is 0.300. The van der Waals surface area contributed by atoms with Gasteiger partial charge in [0.05, 0.1) is 17.2 Å². The number of hydrogen-bond acceptors (Lipinski definition) is 7. The number of hydrogen-bond donors (Lipinski definition) is 5. The molecular formula is C20H16O7. The van der Waals surface area contributed by atoms with Crippen molar-refractivity contribution in [2.45, 2.75) is 36.6 Å². The van der Waals surface area contributed by atoms with Crippen LogP contribution >= 0.6 is 0 Å². The molecule has 27 heavy (non-hydrogen) atoms. The molecule has 5 N–H and O–H groups in total. The largest absolute Gasteiger partial charge is 0.507 e. The minimum atomic E-state index is -1.75. The summed E-state index contributed by atoms with van der Waals surface area (Å²) in [6.45, 7) is 0. The first-order chi connectivity index (χ1) is 12.8. The molecule has 0 amide bonds. The minimum Gasteiger partial charge on any atom is -0.507 e. The van der Waals surface area contributed by atoms with E-state index >= 15 is 0 Å². The third-order valence-electron chi connectivity index (χ3n) is 6.12. The molecule has 7 nitrogen and oxygen atoms in total. The van der Waals surface area contributed by atoms with Crippen LogP contribution in [0.1, 0.15) is 61.7 Å². The van der Waals surface area contributed by atoms with Gasteiger partial charge < -0.3 is 25.5 Å². The second-order valence-electron chi connectivity index (χ2n) is 7.41. The third kappa shape index (κ3) is 1.76. The molecule has 5 rings (SSSR count). The van der Waals surface area contributed by atoms with Gasteiger partial charge in [-0.25, -0.2) is 0 Å². The first kappa shape index (κ1) is 16.4. The molecule has 138 valence electrons. The molecule has 2 aromatic rings. The van der Waals surface area contributed by atoms with E-state index in [0.717, 1.165) is 0 Å². The number of benzene rings is 2. The molecular weight excluding hydrogens is 352 g/mol. The molecule has 0 aliphatic heterocycles. The lowest BCUT2D eigenvalue weighted by molar-refractivity contribution is 0.00237. The Kier molecular flexibility index (Phi) is 3.01. The zero-order valence-electron chi connectivity index (χ0n) is 14.0. The van der Waals surface area contributed by atoms with Crippen molar-refractivity contribution in [2.75, 3.05) is 0 Å². The number of carbonyl (C=O) groups excluding carboxylic acids is 2. The average Bonchev–Trinajstić information content (AvgIpc) is 2.63. The van der Waals surface area contributed by atoms with Crippen LogP contribution in [0.15, 0.2) is 24.3 Å². The summed E-state index contributed by atoms with van der Waals surface area (Å²) in [4.78, 5) is 25.0. The van der Waals surface area contributed by atoms with E-state index in [4.69, 9.17) is 0 Å². The number of ketones is 2. The van der Waals surface area contributed by atoms with Crippen LogP contribution in [0.5, 0.6) is 11.5 Å². The number of fused-ring (bicyclic) bond motifs is 2. The SMILES string of the molecule is O=C1CC[C@@]2(O)c3ccc(O)c4c3[C@H](c3ccc(O)c1c32)[C@@H](O)[C@H](O)C4=O. The van der Waals surface area contributed by atoms with Crippen molar-refractivity contribution in [3.63, 3.8) is 0 Å². The van der Waals surface area contributed by atoms with Gasteiger partial charge in [0.15, 0.2) is 11.6 Å². The van der Waals surface area contributed by atoms with Crippen molar-refractivity contribution in [1.29, 1.82) is 0 Å².